The van der Waals surface area contributed by atoms with Crippen LogP contribution in [0.15, 0.2) is 140 Å². The fourth-order valence-electron chi connectivity index (χ4n) is 7.97. The number of rotatable bonds is 6. The zero-order valence-electron chi connectivity index (χ0n) is 35.9. The Hall–Kier alpha value is -5.57. The van der Waals surface area contributed by atoms with Gasteiger partial charge in [0.25, 0.3) is 0 Å². The third-order valence-corrected chi connectivity index (χ3v) is 11.4. The van der Waals surface area contributed by atoms with E-state index in [1.165, 1.54) is 27.8 Å². The van der Waals surface area contributed by atoms with Gasteiger partial charge < -0.3 is 19.1 Å². The minimum Gasteiger partial charge on any atom is -0.509 e. The Morgan fingerprint density at radius 3 is 1.83 bits per heavy atom. The maximum atomic E-state index is 6.66. The minimum atomic E-state index is -0.0158. The fourth-order valence-corrected chi connectivity index (χ4v) is 7.97. The Bertz CT molecular complexity index is 2820. The maximum Gasteiger partial charge on any atom is 4.00 e. The molecule has 0 aliphatic carbocycles. The van der Waals surface area contributed by atoms with Gasteiger partial charge in [-0.3, -0.25) is 0 Å². The van der Waals surface area contributed by atoms with Crippen LogP contribution in [0.2, 0.25) is 0 Å². The third-order valence-electron chi connectivity index (χ3n) is 11.4. The molecule has 4 nitrogen and oxygen atoms in total. The molecule has 5 heteroatoms. The molecule has 0 amide bonds. The first-order valence-corrected chi connectivity index (χ1v) is 20.6. The zero-order chi connectivity index (χ0) is 41.3. The van der Waals surface area contributed by atoms with E-state index in [9.17, 15) is 0 Å². The Balaban J connectivity index is 0.00000499. The van der Waals surface area contributed by atoms with Gasteiger partial charge in [0.2, 0.25) is 0 Å². The van der Waals surface area contributed by atoms with Crippen molar-refractivity contribution in [2.75, 3.05) is 9.80 Å². The Kier molecular flexibility index (Phi) is 10.6. The maximum absolute atomic E-state index is 6.66. The molecule has 60 heavy (non-hydrogen) atoms. The van der Waals surface area contributed by atoms with Gasteiger partial charge in [-0.1, -0.05) is 134 Å². The number of hydrogen-bond donors (Lipinski definition) is 0. The second-order valence-electron chi connectivity index (χ2n) is 18.8. The van der Waals surface area contributed by atoms with Crippen molar-refractivity contribution < 1.29 is 25.8 Å². The number of aromatic nitrogens is 1. The topological polar surface area (TPSA) is 20.6 Å². The molecule has 0 bridgehead atoms. The van der Waals surface area contributed by atoms with E-state index in [-0.39, 0.29) is 37.3 Å². The molecule has 1 aliphatic heterocycles. The summed E-state index contributed by atoms with van der Waals surface area (Å²) >= 11 is 0. The predicted octanol–water partition coefficient (Wildman–Crippen LogP) is 14.9. The summed E-state index contributed by atoms with van der Waals surface area (Å²) in [4.78, 5) is 4.51. The molecule has 1 aromatic heterocycles. The van der Waals surface area contributed by atoms with Crippen LogP contribution in [-0.4, -0.2) is 4.57 Å². The second-order valence-corrected chi connectivity index (χ2v) is 18.8. The number of hydrogen-bond acceptors (Lipinski definition) is 3. The summed E-state index contributed by atoms with van der Waals surface area (Å²) in [6.45, 7) is 22.6. The molecule has 1 aliphatic rings. The molecule has 0 N–H and O–H groups in total. The number of anilines is 4. The first-order chi connectivity index (χ1) is 28.1. The van der Waals surface area contributed by atoms with Gasteiger partial charge in [-0.25, -0.2) is 0 Å². The summed E-state index contributed by atoms with van der Waals surface area (Å²) in [6.07, 6.45) is 0. The molecule has 0 spiro atoms. The molecular weight excluding hydrogens is 914 g/mol. The van der Waals surface area contributed by atoms with Gasteiger partial charge in [-0.2, -0.15) is 35.9 Å². The zero-order valence-corrected chi connectivity index (χ0v) is 38.2. The van der Waals surface area contributed by atoms with Crippen LogP contribution in [0.5, 0.6) is 11.5 Å². The summed E-state index contributed by atoms with van der Waals surface area (Å²) in [6, 6.07) is 60.4. The molecule has 7 aromatic carbocycles. The Morgan fingerprint density at radius 1 is 0.500 bits per heavy atom. The normalized spacial score (nSPS) is 13.2. The average molecular weight is 965 g/mol. The number of nitrogens with zero attached hydrogens (tertiary/aromatic N) is 3. The summed E-state index contributed by atoms with van der Waals surface area (Å²) in [5.74, 6) is 1.23. The van der Waals surface area contributed by atoms with Gasteiger partial charge in [0.15, 0.2) is 0 Å². The van der Waals surface area contributed by atoms with Crippen LogP contribution in [0.4, 0.5) is 22.7 Å². The molecule has 302 valence electrons. The van der Waals surface area contributed by atoms with Crippen molar-refractivity contribution in [2.24, 2.45) is 0 Å². The molecule has 0 fully saturated rings. The third kappa shape index (κ3) is 7.79. The van der Waals surface area contributed by atoms with Crippen LogP contribution < -0.4 is 14.5 Å². The first-order valence-electron chi connectivity index (χ1n) is 20.6. The smallest absolute Gasteiger partial charge is 0.509 e. The number of ether oxygens (including phenoxy) is 1. The summed E-state index contributed by atoms with van der Waals surface area (Å²) in [5.41, 5.74) is 13.5. The van der Waals surface area contributed by atoms with E-state index in [1.54, 1.807) is 0 Å². The van der Waals surface area contributed by atoms with Gasteiger partial charge in [0, 0.05) is 34.1 Å². The van der Waals surface area contributed by atoms with Crippen molar-refractivity contribution in [1.82, 2.24) is 4.57 Å². The van der Waals surface area contributed by atoms with E-state index in [2.05, 4.69) is 217 Å². The van der Waals surface area contributed by atoms with Crippen molar-refractivity contribution in [1.29, 1.82) is 0 Å². The number of para-hydroxylation sites is 2. The SMILES string of the molecule is CC(C)(C)c1cc[c-]c(-n2c3[c-]c(Oc4[c-]c(N5[CH-]N(c6cc(C(C)(C)C)cc(C(C)(C)C)c6)c6ccccc65)ccc4)ccc3c3cc(-c4ccccc4)ccc32)c1.[Pt+4]. The van der Waals surface area contributed by atoms with Gasteiger partial charge in [-0.15, -0.1) is 54.1 Å². The monoisotopic (exact) mass is 964 g/mol. The van der Waals surface area contributed by atoms with E-state index < -0.39 is 0 Å². The van der Waals surface area contributed by atoms with E-state index in [4.69, 9.17) is 4.74 Å². The van der Waals surface area contributed by atoms with Crippen molar-refractivity contribution in [3.8, 4) is 28.3 Å². The van der Waals surface area contributed by atoms with E-state index in [0.29, 0.717) is 11.5 Å². The molecular formula is C55H51N3OPt. The number of benzene rings is 7. The molecule has 9 rings (SSSR count). The van der Waals surface area contributed by atoms with Crippen molar-refractivity contribution >= 4 is 44.6 Å². The summed E-state index contributed by atoms with van der Waals surface area (Å²) in [5, 5.41) is 2.26. The standard InChI is InChI=1S/C55H51N3O.Pt/c1-53(2,3)39-19-15-21-43(31-39)58-49-28-25-38(37-17-11-10-12-18-37)29-48(49)47-27-26-46(35-52(47)58)59-45-22-16-20-42(34-45)56-36-57(51-24-14-13-23-50(51)56)44-32-40(54(4,5)6)30-41(33-44)55(7,8)9;/h10-20,22-33,36H,1-9H3;/q-4;+4. The first kappa shape index (κ1) is 41.2. The van der Waals surface area contributed by atoms with Crippen molar-refractivity contribution in [2.45, 2.75) is 78.6 Å². The van der Waals surface area contributed by atoms with Gasteiger partial charge in [0.1, 0.15) is 0 Å². The fraction of sp³-hybridized carbons (Fsp3) is 0.218. The van der Waals surface area contributed by atoms with Crippen LogP contribution in [0.1, 0.15) is 79.0 Å². The number of fused-ring (bicyclic) bond motifs is 4. The van der Waals surface area contributed by atoms with Crippen LogP contribution in [0, 0.1) is 24.9 Å². The van der Waals surface area contributed by atoms with Gasteiger partial charge >= 0.3 is 21.1 Å². The van der Waals surface area contributed by atoms with Gasteiger partial charge in [-0.05, 0) is 74.2 Å². The molecule has 2 heterocycles. The van der Waals surface area contributed by atoms with E-state index in [1.807, 2.05) is 24.3 Å². The molecule has 0 saturated carbocycles. The molecule has 0 radical (unpaired) electrons. The summed E-state index contributed by atoms with van der Waals surface area (Å²) in [7, 11) is 0. The van der Waals surface area contributed by atoms with Crippen LogP contribution in [-0.2, 0) is 37.3 Å². The Labute approximate surface area is 370 Å². The Morgan fingerprint density at radius 2 is 1.15 bits per heavy atom. The van der Waals surface area contributed by atoms with Gasteiger partial charge in [0.05, 0.1) is 0 Å². The largest absolute Gasteiger partial charge is 4.00 e. The average Bonchev–Trinajstić information content (AvgIpc) is 3.76. The molecule has 8 aromatic rings. The van der Waals surface area contributed by atoms with Crippen LogP contribution in [0.3, 0.4) is 0 Å². The van der Waals surface area contributed by atoms with Crippen LogP contribution in [0.25, 0.3) is 38.6 Å². The van der Waals surface area contributed by atoms with Crippen molar-refractivity contribution in [3.05, 3.63) is 181 Å². The van der Waals surface area contributed by atoms with Crippen LogP contribution >= 0.6 is 0 Å². The minimum absolute atomic E-state index is 0. The molecule has 0 unspecified atom stereocenters. The quantitative estimate of drug-likeness (QED) is 0.155. The molecule has 0 saturated heterocycles. The summed E-state index contributed by atoms with van der Waals surface area (Å²) < 4.78 is 8.93. The van der Waals surface area contributed by atoms with E-state index >= 15 is 0 Å². The van der Waals surface area contributed by atoms with E-state index in [0.717, 1.165) is 50.2 Å². The predicted molar refractivity (Wildman–Crippen MR) is 247 cm³/mol. The van der Waals surface area contributed by atoms with Crippen molar-refractivity contribution in [3.63, 3.8) is 0 Å². The molecule has 0 atom stereocenters. The second kappa shape index (κ2) is 15.5.